The van der Waals surface area contributed by atoms with E-state index < -0.39 is 5.91 Å². The zero-order valence-corrected chi connectivity index (χ0v) is 17.3. The SMILES string of the molecule is O=C(Cc1ccccc1)Nc1ccc(C(=O)N2CCc3nc(C(=O)NO)sc3C2)cc1. The Morgan fingerprint density at radius 3 is 2.52 bits per heavy atom. The Bertz CT molecular complexity index is 1110. The number of aromatic nitrogens is 1. The minimum absolute atomic E-state index is 0.123. The fraction of sp³-hybridized carbons (Fsp3) is 0.182. The fourth-order valence-corrected chi connectivity index (χ4v) is 4.39. The van der Waals surface area contributed by atoms with Crippen LogP contribution in [0.4, 0.5) is 5.69 Å². The topological polar surface area (TPSA) is 112 Å². The quantitative estimate of drug-likeness (QED) is 0.421. The van der Waals surface area contributed by atoms with Crippen molar-refractivity contribution in [2.45, 2.75) is 19.4 Å². The zero-order valence-electron chi connectivity index (χ0n) is 16.5. The summed E-state index contributed by atoms with van der Waals surface area (Å²) < 4.78 is 0. The maximum absolute atomic E-state index is 12.9. The molecule has 0 atom stereocenters. The molecule has 1 aliphatic rings. The Morgan fingerprint density at radius 2 is 1.81 bits per heavy atom. The van der Waals surface area contributed by atoms with E-state index in [2.05, 4.69) is 10.3 Å². The van der Waals surface area contributed by atoms with Crippen LogP contribution >= 0.6 is 11.3 Å². The van der Waals surface area contributed by atoms with Crippen molar-refractivity contribution in [1.82, 2.24) is 15.4 Å². The molecule has 0 saturated carbocycles. The molecule has 0 spiro atoms. The molecule has 3 aromatic rings. The molecule has 1 aliphatic heterocycles. The number of carbonyl (C=O) groups excluding carboxylic acids is 3. The molecule has 158 valence electrons. The minimum Gasteiger partial charge on any atom is -0.333 e. The number of nitrogens with zero attached hydrogens (tertiary/aromatic N) is 2. The average molecular weight is 436 g/mol. The van der Waals surface area contributed by atoms with Gasteiger partial charge in [-0.25, -0.2) is 10.5 Å². The lowest BCUT2D eigenvalue weighted by Crippen LogP contribution is -2.35. The summed E-state index contributed by atoms with van der Waals surface area (Å²) >= 11 is 1.17. The van der Waals surface area contributed by atoms with Crippen molar-refractivity contribution < 1.29 is 19.6 Å². The molecule has 4 rings (SSSR count). The third-order valence-electron chi connectivity index (χ3n) is 4.94. The standard InChI is InChI=1S/C22H20N4O4S/c27-19(12-14-4-2-1-3-5-14)23-16-8-6-15(7-9-16)22(29)26-11-10-17-18(13-26)31-21(24-17)20(28)25-30/h1-9,30H,10-13H2,(H,23,27)(H,25,28). The first-order chi connectivity index (χ1) is 15.0. The molecule has 31 heavy (non-hydrogen) atoms. The van der Waals surface area contributed by atoms with E-state index in [1.165, 1.54) is 11.3 Å². The second kappa shape index (κ2) is 9.07. The average Bonchev–Trinajstić information content (AvgIpc) is 3.22. The lowest BCUT2D eigenvalue weighted by Gasteiger charge is -2.26. The van der Waals surface area contributed by atoms with Gasteiger partial charge in [-0.15, -0.1) is 11.3 Å². The van der Waals surface area contributed by atoms with Gasteiger partial charge in [-0.2, -0.15) is 0 Å². The van der Waals surface area contributed by atoms with Gasteiger partial charge in [-0.1, -0.05) is 30.3 Å². The van der Waals surface area contributed by atoms with Gasteiger partial charge >= 0.3 is 5.91 Å². The van der Waals surface area contributed by atoms with Gasteiger partial charge in [0, 0.05) is 29.1 Å². The molecule has 2 heterocycles. The first kappa shape index (κ1) is 20.7. The summed E-state index contributed by atoms with van der Waals surface area (Å²) in [5, 5.41) is 11.8. The van der Waals surface area contributed by atoms with E-state index >= 15 is 0 Å². The Balaban J connectivity index is 1.38. The van der Waals surface area contributed by atoms with Gasteiger partial charge in [0.15, 0.2) is 5.01 Å². The van der Waals surface area contributed by atoms with Crippen LogP contribution in [0, 0.1) is 0 Å². The van der Waals surface area contributed by atoms with Crippen molar-refractivity contribution >= 4 is 34.7 Å². The number of rotatable bonds is 5. The number of hydrogen-bond acceptors (Lipinski definition) is 6. The van der Waals surface area contributed by atoms with Crippen molar-refractivity contribution in [3.8, 4) is 0 Å². The normalized spacial score (nSPS) is 12.7. The predicted octanol–water partition coefficient (Wildman–Crippen LogP) is 2.64. The summed E-state index contributed by atoms with van der Waals surface area (Å²) in [6, 6.07) is 16.3. The lowest BCUT2D eigenvalue weighted by atomic mass is 10.1. The number of hydroxylamine groups is 1. The van der Waals surface area contributed by atoms with Crippen LogP contribution in [0.5, 0.6) is 0 Å². The third kappa shape index (κ3) is 4.79. The second-order valence-corrected chi connectivity index (χ2v) is 8.18. The molecule has 0 unspecified atom stereocenters. The maximum Gasteiger partial charge on any atom is 0.303 e. The highest BCUT2D eigenvalue weighted by Gasteiger charge is 2.26. The molecule has 8 nitrogen and oxygen atoms in total. The summed E-state index contributed by atoms with van der Waals surface area (Å²) in [5.74, 6) is -0.904. The van der Waals surface area contributed by atoms with Crippen LogP contribution in [0.1, 0.15) is 36.3 Å². The molecule has 0 bridgehead atoms. The molecule has 1 aromatic heterocycles. The van der Waals surface area contributed by atoms with Gasteiger partial charge in [0.05, 0.1) is 18.7 Å². The third-order valence-corrected chi connectivity index (χ3v) is 6.02. The van der Waals surface area contributed by atoms with Gasteiger partial charge in [-0.3, -0.25) is 19.6 Å². The first-order valence-corrected chi connectivity index (χ1v) is 10.5. The Kier molecular flexibility index (Phi) is 6.06. The van der Waals surface area contributed by atoms with Gasteiger partial charge < -0.3 is 10.2 Å². The Labute approximate surface area is 182 Å². The van der Waals surface area contributed by atoms with E-state index in [0.717, 1.165) is 16.1 Å². The van der Waals surface area contributed by atoms with E-state index in [-0.39, 0.29) is 23.2 Å². The number of amides is 3. The smallest absolute Gasteiger partial charge is 0.303 e. The highest BCUT2D eigenvalue weighted by molar-refractivity contribution is 7.13. The summed E-state index contributed by atoms with van der Waals surface area (Å²) in [6.45, 7) is 0.853. The highest BCUT2D eigenvalue weighted by Crippen LogP contribution is 2.26. The van der Waals surface area contributed by atoms with Gasteiger partial charge in [0.1, 0.15) is 0 Å². The van der Waals surface area contributed by atoms with Gasteiger partial charge in [0.2, 0.25) is 5.91 Å². The lowest BCUT2D eigenvalue weighted by molar-refractivity contribution is -0.115. The van der Waals surface area contributed by atoms with Crippen molar-refractivity contribution in [3.05, 3.63) is 81.3 Å². The summed E-state index contributed by atoms with van der Waals surface area (Å²) in [4.78, 5) is 43.4. The van der Waals surface area contributed by atoms with Gasteiger partial charge in [0.25, 0.3) is 5.91 Å². The second-order valence-electron chi connectivity index (χ2n) is 7.09. The van der Waals surface area contributed by atoms with E-state index in [1.807, 2.05) is 30.3 Å². The number of anilines is 1. The minimum atomic E-state index is -0.651. The fourth-order valence-electron chi connectivity index (χ4n) is 3.38. The molecule has 2 aromatic carbocycles. The van der Waals surface area contributed by atoms with Crippen molar-refractivity contribution in [2.24, 2.45) is 0 Å². The van der Waals surface area contributed by atoms with E-state index in [4.69, 9.17) is 5.21 Å². The van der Waals surface area contributed by atoms with Crippen LogP contribution < -0.4 is 10.8 Å². The largest absolute Gasteiger partial charge is 0.333 e. The van der Waals surface area contributed by atoms with Crippen LogP contribution in [0.15, 0.2) is 54.6 Å². The number of fused-ring (bicyclic) bond motifs is 1. The predicted molar refractivity (Wildman–Crippen MR) is 115 cm³/mol. The number of carbonyl (C=O) groups is 3. The molecular weight excluding hydrogens is 416 g/mol. The number of benzene rings is 2. The van der Waals surface area contributed by atoms with Crippen LogP contribution in [-0.4, -0.2) is 39.4 Å². The molecule has 3 amide bonds. The number of hydrogen-bond donors (Lipinski definition) is 3. The summed E-state index contributed by atoms with van der Waals surface area (Å²) in [7, 11) is 0. The molecule has 0 fully saturated rings. The monoisotopic (exact) mass is 436 g/mol. The molecule has 0 saturated heterocycles. The zero-order chi connectivity index (χ0) is 21.8. The number of thiazole rings is 1. The van der Waals surface area contributed by atoms with Crippen molar-refractivity contribution in [2.75, 3.05) is 11.9 Å². The van der Waals surface area contributed by atoms with Gasteiger partial charge in [-0.05, 0) is 29.8 Å². The van der Waals surface area contributed by atoms with Crippen molar-refractivity contribution in [3.63, 3.8) is 0 Å². The molecule has 3 N–H and O–H groups in total. The van der Waals surface area contributed by atoms with Crippen molar-refractivity contribution in [1.29, 1.82) is 0 Å². The van der Waals surface area contributed by atoms with E-state index in [1.54, 1.807) is 34.6 Å². The van der Waals surface area contributed by atoms with E-state index in [9.17, 15) is 14.4 Å². The Hall–Kier alpha value is -3.56. The van der Waals surface area contributed by atoms with E-state index in [0.29, 0.717) is 30.8 Å². The Morgan fingerprint density at radius 1 is 1.06 bits per heavy atom. The van der Waals surface area contributed by atoms with Crippen LogP contribution in [0.25, 0.3) is 0 Å². The number of nitrogens with one attached hydrogen (secondary N) is 2. The molecule has 9 heteroatoms. The summed E-state index contributed by atoms with van der Waals surface area (Å²) in [6.07, 6.45) is 0.826. The maximum atomic E-state index is 12.9. The highest BCUT2D eigenvalue weighted by atomic mass is 32.1. The van der Waals surface area contributed by atoms with Crippen LogP contribution in [0.3, 0.4) is 0 Å². The first-order valence-electron chi connectivity index (χ1n) is 9.69. The molecular formula is C22H20N4O4S. The molecule has 0 radical (unpaired) electrons. The van der Waals surface area contributed by atoms with Crippen LogP contribution in [-0.2, 0) is 24.2 Å². The molecule has 0 aliphatic carbocycles. The summed E-state index contributed by atoms with van der Waals surface area (Å²) in [5.41, 5.74) is 4.43. The van der Waals surface area contributed by atoms with Crippen LogP contribution in [0.2, 0.25) is 0 Å².